The smallest absolute Gasteiger partial charge is 0.253 e. The lowest BCUT2D eigenvalue weighted by Crippen LogP contribution is -2.31. The first-order valence-electron chi connectivity index (χ1n) is 5.65. The van der Waals surface area contributed by atoms with E-state index < -0.39 is 0 Å². The lowest BCUT2D eigenvalue weighted by Gasteiger charge is -2.20. The lowest BCUT2D eigenvalue weighted by atomic mass is 10.1. The predicted molar refractivity (Wildman–Crippen MR) is 70.7 cm³/mol. The first-order valence-corrected chi connectivity index (χ1v) is 6.44. The third-order valence-electron chi connectivity index (χ3n) is 2.45. The molecule has 0 spiro atoms. The topological polar surface area (TPSA) is 20.3 Å². The van der Waals surface area contributed by atoms with Crippen molar-refractivity contribution in [1.29, 1.82) is 0 Å². The number of hydrogen-bond donors (Lipinski definition) is 0. The molecular weight excluding hydrogens is 266 g/mol. The summed E-state index contributed by atoms with van der Waals surface area (Å²) >= 11 is 3.42. The van der Waals surface area contributed by atoms with Gasteiger partial charge in [-0.15, -0.1) is 0 Å². The Labute approximate surface area is 106 Å². The fourth-order valence-corrected chi connectivity index (χ4v) is 2.32. The minimum absolute atomic E-state index is 0.119. The molecule has 2 nitrogen and oxygen atoms in total. The van der Waals surface area contributed by atoms with Crippen molar-refractivity contribution in [3.63, 3.8) is 0 Å². The molecule has 0 bridgehead atoms. The summed E-state index contributed by atoms with van der Waals surface area (Å²) in [5, 5.41) is 0. The van der Waals surface area contributed by atoms with Gasteiger partial charge in [-0.05, 0) is 44.0 Å². The number of aryl methyl sites for hydroxylation is 1. The first-order chi connectivity index (χ1) is 7.58. The van der Waals surface area contributed by atoms with Crippen molar-refractivity contribution in [2.24, 2.45) is 0 Å². The second-order valence-corrected chi connectivity index (χ2v) is 4.82. The Bertz CT molecular complexity index is 356. The molecule has 88 valence electrons. The molecule has 1 aromatic rings. The van der Waals surface area contributed by atoms with Crippen molar-refractivity contribution in [2.75, 3.05) is 13.1 Å². The molecule has 0 radical (unpaired) electrons. The number of carbonyl (C=O) groups is 1. The summed E-state index contributed by atoms with van der Waals surface area (Å²) in [6, 6.07) is 5.83. The molecule has 0 aliphatic heterocycles. The second kappa shape index (κ2) is 6.04. The number of rotatable bonds is 4. The molecule has 16 heavy (non-hydrogen) atoms. The van der Waals surface area contributed by atoms with Crippen molar-refractivity contribution >= 4 is 21.8 Å². The summed E-state index contributed by atoms with van der Waals surface area (Å²) in [5.74, 6) is 0.119. The third kappa shape index (κ3) is 3.34. The number of benzene rings is 1. The van der Waals surface area contributed by atoms with Gasteiger partial charge in [-0.2, -0.15) is 0 Å². The molecule has 0 saturated heterocycles. The molecule has 0 fully saturated rings. The van der Waals surface area contributed by atoms with Gasteiger partial charge in [0, 0.05) is 23.1 Å². The highest BCUT2D eigenvalue weighted by atomic mass is 79.9. The van der Waals surface area contributed by atoms with Gasteiger partial charge >= 0.3 is 0 Å². The normalized spacial score (nSPS) is 10.2. The minimum Gasteiger partial charge on any atom is -0.339 e. The average molecular weight is 284 g/mol. The second-order valence-electron chi connectivity index (χ2n) is 3.90. The van der Waals surface area contributed by atoms with Crippen LogP contribution in [-0.4, -0.2) is 23.9 Å². The van der Waals surface area contributed by atoms with Crippen LogP contribution in [0.4, 0.5) is 0 Å². The Kier molecular flexibility index (Phi) is 5.00. The zero-order valence-electron chi connectivity index (χ0n) is 10.1. The number of halogens is 1. The van der Waals surface area contributed by atoms with Crippen LogP contribution < -0.4 is 0 Å². The molecule has 1 aromatic carbocycles. The molecule has 3 heteroatoms. The Morgan fingerprint density at radius 3 is 2.50 bits per heavy atom. The number of amides is 1. The van der Waals surface area contributed by atoms with Crippen LogP contribution in [0.15, 0.2) is 22.7 Å². The van der Waals surface area contributed by atoms with Crippen molar-refractivity contribution in [3.05, 3.63) is 33.8 Å². The highest BCUT2D eigenvalue weighted by molar-refractivity contribution is 9.10. The van der Waals surface area contributed by atoms with Crippen LogP contribution in [-0.2, 0) is 0 Å². The Morgan fingerprint density at radius 1 is 1.31 bits per heavy atom. The summed E-state index contributed by atoms with van der Waals surface area (Å²) in [4.78, 5) is 14.1. The monoisotopic (exact) mass is 283 g/mol. The van der Waals surface area contributed by atoms with Gasteiger partial charge in [0.15, 0.2) is 0 Å². The quantitative estimate of drug-likeness (QED) is 0.826. The molecule has 1 amide bonds. The molecule has 0 N–H and O–H groups in total. The maximum Gasteiger partial charge on any atom is 0.253 e. The van der Waals surface area contributed by atoms with E-state index in [1.807, 2.05) is 36.9 Å². The van der Waals surface area contributed by atoms with Gasteiger partial charge < -0.3 is 4.90 Å². The maximum atomic E-state index is 12.2. The Balaban J connectivity index is 2.94. The van der Waals surface area contributed by atoms with Gasteiger partial charge in [0.2, 0.25) is 0 Å². The van der Waals surface area contributed by atoms with Crippen LogP contribution in [0.1, 0.15) is 36.2 Å². The largest absolute Gasteiger partial charge is 0.339 e. The molecule has 0 aromatic heterocycles. The summed E-state index contributed by atoms with van der Waals surface area (Å²) in [6.07, 6.45) is 0.993. The van der Waals surface area contributed by atoms with E-state index in [1.54, 1.807) is 0 Å². The van der Waals surface area contributed by atoms with Crippen LogP contribution in [0, 0.1) is 6.92 Å². The third-order valence-corrected chi connectivity index (χ3v) is 2.91. The minimum atomic E-state index is 0.119. The molecule has 0 unspecified atom stereocenters. The zero-order chi connectivity index (χ0) is 12.1. The van der Waals surface area contributed by atoms with Gasteiger partial charge in [-0.1, -0.05) is 22.9 Å². The summed E-state index contributed by atoms with van der Waals surface area (Å²) in [5.41, 5.74) is 1.87. The number of hydrogen-bond acceptors (Lipinski definition) is 1. The van der Waals surface area contributed by atoms with Crippen molar-refractivity contribution in [1.82, 2.24) is 4.90 Å². The highest BCUT2D eigenvalue weighted by Crippen LogP contribution is 2.16. The molecule has 1 rings (SSSR count). The summed E-state index contributed by atoms with van der Waals surface area (Å²) in [6.45, 7) is 7.68. The van der Waals surface area contributed by atoms with E-state index in [-0.39, 0.29) is 5.91 Å². The van der Waals surface area contributed by atoms with Crippen LogP contribution in [0.5, 0.6) is 0 Å². The van der Waals surface area contributed by atoms with Gasteiger partial charge in [0.25, 0.3) is 5.91 Å². The molecule has 0 aliphatic rings. The van der Waals surface area contributed by atoms with Crippen LogP contribution in [0.3, 0.4) is 0 Å². The standard InChI is InChI=1S/C13H18BrNO/c1-4-6-15(5-2)13(16)11-7-10(3)8-12(14)9-11/h7-9H,4-6H2,1-3H3. The van der Waals surface area contributed by atoms with Gasteiger partial charge in [0.1, 0.15) is 0 Å². The van der Waals surface area contributed by atoms with E-state index in [1.165, 1.54) is 0 Å². The predicted octanol–water partition coefficient (Wildman–Crippen LogP) is 3.63. The fourth-order valence-electron chi connectivity index (χ4n) is 1.72. The Hall–Kier alpha value is -0.830. The van der Waals surface area contributed by atoms with Crippen molar-refractivity contribution in [3.8, 4) is 0 Å². The molecule has 0 aliphatic carbocycles. The molecular formula is C13H18BrNO. The van der Waals surface area contributed by atoms with E-state index in [9.17, 15) is 4.79 Å². The van der Waals surface area contributed by atoms with E-state index in [4.69, 9.17) is 0 Å². The molecule has 0 atom stereocenters. The van der Waals surface area contributed by atoms with E-state index in [0.717, 1.165) is 35.1 Å². The van der Waals surface area contributed by atoms with E-state index in [0.29, 0.717) is 0 Å². The summed E-state index contributed by atoms with van der Waals surface area (Å²) in [7, 11) is 0. The lowest BCUT2D eigenvalue weighted by molar-refractivity contribution is 0.0764. The van der Waals surface area contributed by atoms with Crippen LogP contribution >= 0.6 is 15.9 Å². The van der Waals surface area contributed by atoms with Gasteiger partial charge in [-0.3, -0.25) is 4.79 Å². The molecule has 0 saturated carbocycles. The Morgan fingerprint density at radius 2 is 2.00 bits per heavy atom. The number of nitrogens with zero attached hydrogens (tertiary/aromatic N) is 1. The van der Waals surface area contributed by atoms with E-state index in [2.05, 4.69) is 22.9 Å². The average Bonchev–Trinajstić information content (AvgIpc) is 2.23. The van der Waals surface area contributed by atoms with Gasteiger partial charge in [0.05, 0.1) is 0 Å². The number of carbonyl (C=O) groups excluding carboxylic acids is 1. The van der Waals surface area contributed by atoms with Crippen molar-refractivity contribution in [2.45, 2.75) is 27.2 Å². The zero-order valence-corrected chi connectivity index (χ0v) is 11.7. The van der Waals surface area contributed by atoms with Crippen molar-refractivity contribution < 1.29 is 4.79 Å². The van der Waals surface area contributed by atoms with Crippen LogP contribution in [0.25, 0.3) is 0 Å². The summed E-state index contributed by atoms with van der Waals surface area (Å²) < 4.78 is 0.961. The highest BCUT2D eigenvalue weighted by Gasteiger charge is 2.13. The fraction of sp³-hybridized carbons (Fsp3) is 0.462. The SMILES string of the molecule is CCCN(CC)C(=O)c1cc(C)cc(Br)c1. The first kappa shape index (κ1) is 13.2. The van der Waals surface area contributed by atoms with E-state index >= 15 is 0 Å². The van der Waals surface area contributed by atoms with Gasteiger partial charge in [-0.25, -0.2) is 0 Å². The maximum absolute atomic E-state index is 12.2. The van der Waals surface area contributed by atoms with Crippen LogP contribution in [0.2, 0.25) is 0 Å². The molecule has 0 heterocycles.